The van der Waals surface area contributed by atoms with E-state index in [1.54, 1.807) is 0 Å². The van der Waals surface area contributed by atoms with Crippen molar-refractivity contribution in [2.45, 2.75) is 166 Å². The van der Waals surface area contributed by atoms with Crippen LogP contribution in [0.5, 0.6) is 0 Å². The molecule has 63 heavy (non-hydrogen) atoms. The lowest BCUT2D eigenvalue weighted by Gasteiger charge is -2.45. The van der Waals surface area contributed by atoms with Gasteiger partial charge in [-0.2, -0.15) is 0 Å². The average molecular weight is 879 g/mol. The van der Waals surface area contributed by atoms with Crippen molar-refractivity contribution in [2.75, 3.05) is 46.6 Å². The summed E-state index contributed by atoms with van der Waals surface area (Å²) >= 11 is 0. The van der Waals surface area contributed by atoms with E-state index in [4.69, 9.17) is 15.2 Å². The van der Waals surface area contributed by atoms with Crippen LogP contribution >= 0.6 is 0 Å². The topological polar surface area (TPSA) is 198 Å². The van der Waals surface area contributed by atoms with E-state index in [0.717, 1.165) is 127 Å². The molecule has 4 aliphatic carbocycles. The zero-order valence-corrected chi connectivity index (χ0v) is 39.4. The van der Waals surface area contributed by atoms with Crippen LogP contribution in [0.4, 0.5) is 0 Å². The predicted molar refractivity (Wildman–Crippen MR) is 241 cm³/mol. The number of aliphatic hydroxyl groups is 1. The Kier molecular flexibility index (Phi) is 15.2. The first kappa shape index (κ1) is 47.2. The molecule has 14 unspecified atom stereocenters. The highest BCUT2D eigenvalue weighted by atomic mass is 16.7. The average Bonchev–Trinajstić information content (AvgIpc) is 3.99. The van der Waals surface area contributed by atoms with Crippen LogP contribution in [0, 0.1) is 52.8 Å². The molecule has 4 bridgehead atoms. The first-order valence-electron chi connectivity index (χ1n) is 25.8. The van der Waals surface area contributed by atoms with Crippen molar-refractivity contribution in [2.24, 2.45) is 58.5 Å². The normalized spacial score (nSPS) is 42.3. The number of piperidine rings is 2. The van der Waals surface area contributed by atoms with E-state index in [9.17, 15) is 5.11 Å². The number of carbonyl (C=O) groups excluding carboxylic acids is 3. The minimum atomic E-state index is -1.97. The summed E-state index contributed by atoms with van der Waals surface area (Å²) < 4.78 is 13.1. The first-order valence-corrected chi connectivity index (χ1v) is 25.8. The number of Topliss-reactive ketones (excluding diaryl/α,β-unsaturated/α-hetero) is 2. The van der Waals surface area contributed by atoms with E-state index in [0.29, 0.717) is 36.3 Å². The van der Waals surface area contributed by atoms with Gasteiger partial charge in [0.15, 0.2) is 17.2 Å². The van der Waals surface area contributed by atoms with Gasteiger partial charge in [-0.1, -0.05) is 43.9 Å². The maximum atomic E-state index is 15.6. The largest absolute Gasteiger partial charge is 0.463 e. The van der Waals surface area contributed by atoms with Gasteiger partial charge < -0.3 is 35.8 Å². The van der Waals surface area contributed by atoms with Crippen LogP contribution in [0.3, 0.4) is 0 Å². The van der Waals surface area contributed by atoms with Crippen molar-refractivity contribution in [3.8, 4) is 0 Å². The van der Waals surface area contributed by atoms with E-state index in [1.807, 2.05) is 0 Å². The second-order valence-electron chi connectivity index (χ2n) is 22.3. The smallest absolute Gasteiger partial charge is 0.350 e. The molecule has 12 heteroatoms. The van der Waals surface area contributed by atoms with Crippen molar-refractivity contribution in [3.63, 3.8) is 0 Å². The second kappa shape index (κ2) is 20.3. The summed E-state index contributed by atoms with van der Waals surface area (Å²) in [6.07, 6.45) is 25.0. The molecule has 352 valence electrons. The molecular weight excluding hydrogens is 793 g/mol. The molecule has 4 heterocycles. The lowest BCUT2D eigenvalue weighted by atomic mass is 9.55. The number of epoxide rings is 1. The Labute approximate surface area is 377 Å². The number of quaternary nitrogens is 4. The summed E-state index contributed by atoms with van der Waals surface area (Å²) in [6, 6.07) is 0.162. The summed E-state index contributed by atoms with van der Waals surface area (Å²) in [6.45, 7) is 10.6. The molecule has 12 nitrogen and oxygen atoms in total. The second-order valence-corrected chi connectivity index (χ2v) is 22.3. The Morgan fingerprint density at radius 3 is 2.60 bits per heavy atom. The number of hydrogen-bond acceptors (Lipinski definition) is 8. The van der Waals surface area contributed by atoms with Gasteiger partial charge in [0.1, 0.15) is 31.6 Å². The predicted octanol–water partition coefficient (Wildman–Crippen LogP) is 1.45. The van der Waals surface area contributed by atoms with Crippen molar-refractivity contribution in [3.05, 3.63) is 34.9 Å². The monoisotopic (exact) mass is 879 g/mol. The Morgan fingerprint density at radius 2 is 1.83 bits per heavy atom. The van der Waals surface area contributed by atoms with Crippen LogP contribution in [0.25, 0.3) is 0 Å². The molecule has 8 rings (SSSR count). The number of hydrogen-bond donors (Lipinski definition) is 7. The van der Waals surface area contributed by atoms with Crippen molar-refractivity contribution >= 4 is 17.5 Å². The number of likely N-dealkylation sites (N-methyl/N-ethyl adjacent to an activating group) is 1. The minimum absolute atomic E-state index is 0.00211. The van der Waals surface area contributed by atoms with Crippen LogP contribution in [0.15, 0.2) is 34.9 Å². The third-order valence-corrected chi connectivity index (χ3v) is 17.9. The number of carbonyl (C=O) groups is 3. The number of fused-ring (bicyclic) bond motifs is 1. The SMILES string of the molecule is CC[NH2+]C1C=C2C=CCC3CCCCC(C)(CC4CCC(N)[NH2+]C4)CC4CCCC5C(=O)C6(CC(CO)=C(C)CCC7CC[NH2+]C(NC[NH2+]C)C7)OC6(C(=O)OCC1CC23)C(=O)C45. The van der Waals surface area contributed by atoms with Gasteiger partial charge in [0, 0.05) is 42.9 Å². The van der Waals surface area contributed by atoms with Gasteiger partial charge in [0.05, 0.1) is 33.3 Å². The molecule has 0 aromatic rings. The number of nitrogens with one attached hydrogen (secondary N) is 1. The van der Waals surface area contributed by atoms with E-state index in [-0.39, 0.29) is 60.7 Å². The lowest BCUT2D eigenvalue weighted by molar-refractivity contribution is -0.716. The number of ether oxygens (including phenoxy) is 2. The summed E-state index contributed by atoms with van der Waals surface area (Å²) in [7, 11) is 2.08. The van der Waals surface area contributed by atoms with Crippen LogP contribution in [0.1, 0.15) is 136 Å². The Hall–Kier alpha value is -2.29. The van der Waals surface area contributed by atoms with E-state index in [1.165, 1.54) is 18.4 Å². The fraction of sp³-hybridized carbons (Fsp3) is 0.824. The van der Waals surface area contributed by atoms with E-state index >= 15 is 14.4 Å². The molecule has 4 aliphatic heterocycles. The van der Waals surface area contributed by atoms with Gasteiger partial charge in [0.2, 0.25) is 0 Å². The molecule has 2 saturated carbocycles. The van der Waals surface area contributed by atoms with Crippen molar-refractivity contribution in [1.82, 2.24) is 5.32 Å². The summed E-state index contributed by atoms with van der Waals surface area (Å²) in [5, 5.41) is 23.8. The summed E-state index contributed by atoms with van der Waals surface area (Å²) in [5.41, 5.74) is 5.93. The fourth-order valence-electron chi connectivity index (χ4n) is 14.4. The summed E-state index contributed by atoms with van der Waals surface area (Å²) in [5.74, 6) is 0.144. The van der Waals surface area contributed by atoms with Crippen molar-refractivity contribution in [1.29, 1.82) is 0 Å². The van der Waals surface area contributed by atoms with Crippen LogP contribution in [-0.4, -0.2) is 98.8 Å². The molecule has 14 atom stereocenters. The number of rotatable bonds is 13. The minimum Gasteiger partial charge on any atom is -0.463 e. The first-order chi connectivity index (χ1) is 30.4. The van der Waals surface area contributed by atoms with Gasteiger partial charge in [-0.15, -0.1) is 0 Å². The maximum Gasteiger partial charge on any atom is 0.350 e. The molecule has 6 fully saturated rings. The zero-order valence-electron chi connectivity index (χ0n) is 39.4. The molecule has 0 radical (unpaired) electrons. The number of cyclic esters (lactones) is 1. The van der Waals surface area contributed by atoms with Gasteiger partial charge in [-0.3, -0.25) is 15.3 Å². The van der Waals surface area contributed by atoms with Crippen LogP contribution < -0.4 is 32.3 Å². The van der Waals surface area contributed by atoms with E-state index < -0.39 is 29.0 Å². The van der Waals surface area contributed by atoms with Crippen LogP contribution in [-0.2, 0) is 23.9 Å². The number of nitrogens with two attached hydrogens (primary N) is 5. The molecule has 0 amide bonds. The number of ketones is 2. The van der Waals surface area contributed by atoms with Gasteiger partial charge in [-0.05, 0) is 137 Å². The maximum absolute atomic E-state index is 15.6. The molecule has 12 N–H and O–H groups in total. The lowest BCUT2D eigenvalue weighted by Crippen LogP contribution is -2.97. The fourth-order valence-corrected chi connectivity index (χ4v) is 14.4. The summed E-state index contributed by atoms with van der Waals surface area (Å²) in [4.78, 5) is 46.1. The third-order valence-electron chi connectivity index (χ3n) is 17.9. The highest BCUT2D eigenvalue weighted by molar-refractivity contribution is 6.23. The molecule has 4 saturated heterocycles. The zero-order chi connectivity index (χ0) is 44.4. The van der Waals surface area contributed by atoms with Gasteiger partial charge in [-0.25, -0.2) is 10.1 Å². The van der Waals surface area contributed by atoms with E-state index in [2.05, 4.69) is 72.6 Å². The quantitative estimate of drug-likeness (QED) is 0.0475. The molecule has 0 aromatic carbocycles. The van der Waals surface area contributed by atoms with Crippen LogP contribution in [0.2, 0.25) is 0 Å². The third kappa shape index (κ3) is 9.76. The molecule has 8 aliphatic rings. The van der Waals surface area contributed by atoms with Crippen molar-refractivity contribution < 1.29 is 50.2 Å². The highest BCUT2D eigenvalue weighted by Gasteiger charge is 2.87. The Bertz CT molecular complexity index is 1740. The molecule has 0 aromatic heterocycles. The number of aliphatic hydroxyl groups excluding tert-OH is 1. The Morgan fingerprint density at radius 1 is 0.984 bits per heavy atom. The van der Waals surface area contributed by atoms with Gasteiger partial charge >= 0.3 is 5.97 Å². The highest BCUT2D eigenvalue weighted by Crippen LogP contribution is 2.64. The Balaban J connectivity index is 1.11. The van der Waals surface area contributed by atoms with Gasteiger partial charge in [0.25, 0.3) is 5.60 Å². The molecule has 1 spiro atoms. The molecular formula is C51H86N6O6+4. The standard InChI is InChI=1S/C51H82N6O6/c1-5-54-42-24-36-12-8-11-35-10-6-7-20-49(3,25-34-17-18-43(52)56-28-34)26-37-13-9-14-40-45(37)47(60)51(48(61)62-30-38(42)23-41(35)36)50(63-51,46(40)59)27-39(29-58)32(2)15-16-33-19-21-55-44(22-33)57-31-53-4/h8,12,24,33-35,37-38,40-45,53-58H,5-7,9-11,13-23,25-31,52H2,1-4H3/p+4. The number of esters is 1. The number of allylic oxidation sites excluding steroid dienone is 4.